The first kappa shape index (κ1) is 23.5. The third-order valence-electron chi connectivity index (χ3n) is 6.16. The molecule has 0 spiro atoms. The van der Waals surface area contributed by atoms with Gasteiger partial charge in [0, 0.05) is 23.7 Å². The van der Waals surface area contributed by atoms with Crippen molar-refractivity contribution >= 4 is 11.8 Å². The molecule has 0 aliphatic carbocycles. The topological polar surface area (TPSA) is 32.3 Å². The van der Waals surface area contributed by atoms with Crippen molar-refractivity contribution in [3.8, 4) is 0 Å². The van der Waals surface area contributed by atoms with Crippen molar-refractivity contribution in [3.63, 3.8) is 0 Å². The molecule has 3 atom stereocenters. The average molecular weight is 404 g/mol. The standard InChI is InChI=1S/C25H41NOS/c1-5-7-8-9-10-11-20(4)22-14-12-21(13-15-22)18-28-25-23(19(3)6-2)16-26-17-24(25)27/h12-15,19-20,24,26-27H,5-11,16-18H2,1-4H3. The van der Waals surface area contributed by atoms with Crippen molar-refractivity contribution in [2.45, 2.75) is 90.4 Å². The van der Waals surface area contributed by atoms with Crippen LogP contribution in [0.25, 0.3) is 0 Å². The zero-order valence-corrected chi connectivity index (χ0v) is 19.3. The van der Waals surface area contributed by atoms with Crippen LogP contribution in [0.1, 0.15) is 89.7 Å². The van der Waals surface area contributed by atoms with Gasteiger partial charge in [-0.15, -0.1) is 11.8 Å². The molecule has 1 aliphatic rings. The third-order valence-corrected chi connectivity index (χ3v) is 7.49. The molecule has 0 amide bonds. The number of thioether (sulfide) groups is 1. The minimum absolute atomic E-state index is 0.352. The van der Waals surface area contributed by atoms with Crippen LogP contribution < -0.4 is 5.32 Å². The molecule has 1 heterocycles. The van der Waals surface area contributed by atoms with Gasteiger partial charge in [-0.3, -0.25) is 0 Å². The molecular weight excluding hydrogens is 362 g/mol. The fourth-order valence-corrected chi connectivity index (χ4v) is 5.16. The lowest BCUT2D eigenvalue weighted by Gasteiger charge is -2.29. The number of hydrogen-bond donors (Lipinski definition) is 2. The van der Waals surface area contributed by atoms with E-state index in [0.29, 0.717) is 18.4 Å². The van der Waals surface area contributed by atoms with Gasteiger partial charge in [0.05, 0.1) is 6.10 Å². The highest BCUT2D eigenvalue weighted by Gasteiger charge is 2.23. The van der Waals surface area contributed by atoms with E-state index in [1.54, 1.807) is 0 Å². The molecule has 0 saturated carbocycles. The maximum Gasteiger partial charge on any atom is 0.0972 e. The second-order valence-corrected chi connectivity index (χ2v) is 9.50. The lowest BCUT2D eigenvalue weighted by atomic mass is 9.94. The van der Waals surface area contributed by atoms with Gasteiger partial charge in [-0.25, -0.2) is 0 Å². The van der Waals surface area contributed by atoms with Crippen LogP contribution in [-0.4, -0.2) is 24.3 Å². The van der Waals surface area contributed by atoms with Crippen molar-refractivity contribution < 1.29 is 5.11 Å². The maximum absolute atomic E-state index is 10.5. The van der Waals surface area contributed by atoms with Crippen LogP contribution >= 0.6 is 11.8 Å². The molecule has 2 nitrogen and oxygen atoms in total. The van der Waals surface area contributed by atoms with Gasteiger partial charge in [0.15, 0.2) is 0 Å². The number of hydrogen-bond acceptors (Lipinski definition) is 3. The number of rotatable bonds is 12. The van der Waals surface area contributed by atoms with E-state index >= 15 is 0 Å². The van der Waals surface area contributed by atoms with Crippen molar-refractivity contribution in [2.75, 3.05) is 13.1 Å². The summed E-state index contributed by atoms with van der Waals surface area (Å²) in [6.45, 7) is 10.7. The molecule has 3 heteroatoms. The Morgan fingerprint density at radius 1 is 1.04 bits per heavy atom. The van der Waals surface area contributed by atoms with Crippen molar-refractivity contribution in [1.29, 1.82) is 0 Å². The minimum atomic E-state index is -0.352. The molecule has 158 valence electrons. The summed E-state index contributed by atoms with van der Waals surface area (Å²) in [5, 5.41) is 13.8. The van der Waals surface area contributed by atoms with Gasteiger partial charge >= 0.3 is 0 Å². The summed E-state index contributed by atoms with van der Waals surface area (Å²) in [4.78, 5) is 1.21. The Kier molecular flexibility index (Phi) is 10.7. The number of aliphatic hydroxyl groups excluding tert-OH is 1. The second kappa shape index (κ2) is 12.7. The van der Waals surface area contributed by atoms with E-state index in [1.165, 1.54) is 60.1 Å². The first-order valence-electron chi connectivity index (χ1n) is 11.4. The predicted molar refractivity (Wildman–Crippen MR) is 125 cm³/mol. The van der Waals surface area contributed by atoms with Crippen LogP contribution in [0.4, 0.5) is 0 Å². The first-order chi connectivity index (χ1) is 13.6. The molecule has 2 N–H and O–H groups in total. The summed E-state index contributed by atoms with van der Waals surface area (Å²) >= 11 is 1.84. The maximum atomic E-state index is 10.5. The Morgan fingerprint density at radius 3 is 2.43 bits per heavy atom. The SMILES string of the molecule is CCCCCCCC(C)c1ccc(CSC2=C(C(C)CC)CNCC2O)cc1. The molecule has 28 heavy (non-hydrogen) atoms. The molecule has 1 aromatic rings. The van der Waals surface area contributed by atoms with Crippen LogP contribution in [0, 0.1) is 5.92 Å². The average Bonchev–Trinajstić information content (AvgIpc) is 2.72. The summed E-state index contributed by atoms with van der Waals surface area (Å²) in [7, 11) is 0. The Morgan fingerprint density at radius 2 is 1.75 bits per heavy atom. The van der Waals surface area contributed by atoms with E-state index in [-0.39, 0.29) is 6.10 Å². The van der Waals surface area contributed by atoms with E-state index in [1.807, 2.05) is 11.8 Å². The monoisotopic (exact) mass is 403 g/mol. The third kappa shape index (κ3) is 7.24. The van der Waals surface area contributed by atoms with Crippen LogP contribution in [0.15, 0.2) is 34.7 Å². The number of β-amino-alcohol motifs (C(OH)–C–C–N with tert-alkyl or cyclic N) is 1. The Bertz CT molecular complexity index is 595. The van der Waals surface area contributed by atoms with E-state index in [9.17, 15) is 5.11 Å². The summed E-state index contributed by atoms with van der Waals surface area (Å²) in [5.74, 6) is 2.12. The van der Waals surface area contributed by atoms with Crippen LogP contribution in [0.2, 0.25) is 0 Å². The molecule has 1 aromatic carbocycles. The molecule has 2 rings (SSSR count). The zero-order chi connectivity index (χ0) is 20.4. The normalized spacial score (nSPS) is 19.7. The van der Waals surface area contributed by atoms with E-state index < -0.39 is 0 Å². The highest BCUT2D eigenvalue weighted by atomic mass is 32.2. The molecule has 0 fully saturated rings. The van der Waals surface area contributed by atoms with Gasteiger partial charge in [-0.05, 0) is 41.4 Å². The summed E-state index contributed by atoms with van der Waals surface area (Å²) in [5.41, 5.74) is 4.22. The summed E-state index contributed by atoms with van der Waals surface area (Å²) in [6.07, 6.45) is 8.86. The zero-order valence-electron chi connectivity index (χ0n) is 18.5. The summed E-state index contributed by atoms with van der Waals surface area (Å²) in [6, 6.07) is 9.20. The quantitative estimate of drug-likeness (QED) is 0.383. The highest BCUT2D eigenvalue weighted by molar-refractivity contribution is 8.02. The van der Waals surface area contributed by atoms with Gasteiger partial charge in [0.2, 0.25) is 0 Å². The molecule has 1 aliphatic heterocycles. The van der Waals surface area contributed by atoms with Gasteiger partial charge in [-0.1, -0.05) is 84.1 Å². The minimum Gasteiger partial charge on any atom is -0.387 e. The van der Waals surface area contributed by atoms with Crippen molar-refractivity contribution in [3.05, 3.63) is 45.9 Å². The second-order valence-electron chi connectivity index (χ2n) is 8.48. The number of unbranched alkanes of at least 4 members (excludes halogenated alkanes) is 4. The lowest BCUT2D eigenvalue weighted by molar-refractivity contribution is 0.206. The van der Waals surface area contributed by atoms with Crippen LogP contribution in [-0.2, 0) is 5.75 Å². The molecule has 0 bridgehead atoms. The van der Waals surface area contributed by atoms with Crippen LogP contribution in [0.5, 0.6) is 0 Å². The van der Waals surface area contributed by atoms with E-state index in [4.69, 9.17) is 0 Å². The number of benzene rings is 1. The van der Waals surface area contributed by atoms with Crippen LogP contribution in [0.3, 0.4) is 0 Å². The van der Waals surface area contributed by atoms with Gasteiger partial charge < -0.3 is 10.4 Å². The largest absolute Gasteiger partial charge is 0.387 e. The van der Waals surface area contributed by atoms with Crippen molar-refractivity contribution in [1.82, 2.24) is 5.32 Å². The molecular formula is C25H41NOS. The van der Waals surface area contributed by atoms with Crippen molar-refractivity contribution in [2.24, 2.45) is 5.92 Å². The highest BCUT2D eigenvalue weighted by Crippen LogP contribution is 2.33. The van der Waals surface area contributed by atoms with E-state index in [0.717, 1.165) is 18.7 Å². The Labute approximate surface area is 177 Å². The fraction of sp³-hybridized carbons (Fsp3) is 0.680. The number of aliphatic hydroxyl groups is 1. The fourth-order valence-electron chi connectivity index (χ4n) is 3.91. The lowest BCUT2D eigenvalue weighted by Crippen LogP contribution is -2.37. The molecule has 0 radical (unpaired) electrons. The Hall–Kier alpha value is -0.770. The smallest absolute Gasteiger partial charge is 0.0972 e. The molecule has 0 aromatic heterocycles. The number of nitrogens with one attached hydrogen (secondary N) is 1. The predicted octanol–water partition coefficient (Wildman–Crippen LogP) is 6.65. The van der Waals surface area contributed by atoms with E-state index in [2.05, 4.69) is 57.3 Å². The molecule has 0 saturated heterocycles. The van der Waals surface area contributed by atoms with Gasteiger partial charge in [0.1, 0.15) is 0 Å². The first-order valence-corrected chi connectivity index (χ1v) is 12.4. The van der Waals surface area contributed by atoms with Gasteiger partial charge in [-0.2, -0.15) is 0 Å². The Balaban J connectivity index is 1.88. The molecule has 3 unspecified atom stereocenters. The van der Waals surface area contributed by atoms with Gasteiger partial charge in [0.25, 0.3) is 0 Å². The summed E-state index contributed by atoms with van der Waals surface area (Å²) < 4.78 is 0.